The number of amides is 2. The number of hydrogen-bond acceptors (Lipinski definition) is 6. The zero-order chi connectivity index (χ0) is 27.8. The fraction of sp³-hybridized carbons (Fsp3) is 0.138. The van der Waals surface area contributed by atoms with Crippen LogP contribution in [0.1, 0.15) is 27.1 Å². The van der Waals surface area contributed by atoms with Crippen molar-refractivity contribution in [3.63, 3.8) is 0 Å². The van der Waals surface area contributed by atoms with Gasteiger partial charge in [-0.1, -0.05) is 29.8 Å². The minimum Gasteiger partial charge on any atom is -0.493 e. The van der Waals surface area contributed by atoms with E-state index in [4.69, 9.17) is 22.1 Å². The highest BCUT2D eigenvalue weighted by Crippen LogP contribution is 2.35. The number of nitrogens with two attached hydrogens (primary N) is 1. The minimum absolute atomic E-state index is 0.0599. The maximum absolute atomic E-state index is 14.5. The van der Waals surface area contributed by atoms with Crippen molar-refractivity contribution in [1.82, 2.24) is 4.98 Å². The standard InChI is InChI=1S/C29H26ClFN4O3S/c1-39-22-10-11-23(26(17-22)38-15-5-14-32)29(37)35(21-6-3-2-4-7-21)25-12-9-20(31)16-24(25)28(36)34-27-13-8-19(30)18-33-27/h2-4,6-13,16-18H,5,14-15,32H2,1H3,(H,33,34,36). The molecule has 39 heavy (non-hydrogen) atoms. The molecular weight excluding hydrogens is 539 g/mol. The lowest BCUT2D eigenvalue weighted by Crippen LogP contribution is -2.29. The van der Waals surface area contributed by atoms with Gasteiger partial charge in [-0.2, -0.15) is 0 Å². The van der Waals surface area contributed by atoms with E-state index in [0.717, 1.165) is 11.0 Å². The lowest BCUT2D eigenvalue weighted by atomic mass is 10.1. The summed E-state index contributed by atoms with van der Waals surface area (Å²) < 4.78 is 20.4. The Balaban J connectivity index is 1.81. The number of nitrogens with zero attached hydrogens (tertiary/aromatic N) is 2. The molecule has 0 aliphatic rings. The zero-order valence-corrected chi connectivity index (χ0v) is 22.6. The largest absolute Gasteiger partial charge is 0.493 e. The summed E-state index contributed by atoms with van der Waals surface area (Å²) in [6, 6.07) is 20.9. The number of anilines is 3. The molecule has 2 amide bonds. The van der Waals surface area contributed by atoms with Crippen LogP contribution in [0.5, 0.6) is 5.75 Å². The van der Waals surface area contributed by atoms with Gasteiger partial charge in [-0.05, 0) is 79.9 Å². The molecule has 4 aromatic rings. The highest BCUT2D eigenvalue weighted by atomic mass is 35.5. The molecule has 0 saturated carbocycles. The first-order chi connectivity index (χ1) is 18.9. The third-order valence-corrected chi connectivity index (χ3v) is 6.60. The molecule has 10 heteroatoms. The molecule has 0 spiro atoms. The first-order valence-corrected chi connectivity index (χ1v) is 13.6. The summed E-state index contributed by atoms with van der Waals surface area (Å²) in [4.78, 5) is 33.9. The van der Waals surface area contributed by atoms with E-state index in [0.29, 0.717) is 36.0 Å². The first-order valence-electron chi connectivity index (χ1n) is 12.0. The van der Waals surface area contributed by atoms with Crippen LogP contribution in [0, 0.1) is 5.82 Å². The number of carbonyl (C=O) groups excluding carboxylic acids is 2. The van der Waals surface area contributed by atoms with Crippen LogP contribution in [0.25, 0.3) is 0 Å². The van der Waals surface area contributed by atoms with Crippen LogP contribution in [-0.4, -0.2) is 36.2 Å². The number of halogens is 2. The van der Waals surface area contributed by atoms with Crippen molar-refractivity contribution >= 4 is 52.4 Å². The van der Waals surface area contributed by atoms with Crippen molar-refractivity contribution in [3.8, 4) is 5.75 Å². The molecule has 7 nitrogen and oxygen atoms in total. The molecule has 200 valence electrons. The van der Waals surface area contributed by atoms with Gasteiger partial charge in [-0.15, -0.1) is 11.8 Å². The molecule has 0 fully saturated rings. The third-order valence-electron chi connectivity index (χ3n) is 5.66. The Morgan fingerprint density at radius 2 is 1.85 bits per heavy atom. The van der Waals surface area contributed by atoms with Gasteiger partial charge >= 0.3 is 0 Å². The van der Waals surface area contributed by atoms with Gasteiger partial charge in [0.05, 0.1) is 28.4 Å². The summed E-state index contributed by atoms with van der Waals surface area (Å²) in [5.41, 5.74) is 6.51. The first kappa shape index (κ1) is 28.1. The van der Waals surface area contributed by atoms with Gasteiger partial charge in [0.25, 0.3) is 11.8 Å². The van der Waals surface area contributed by atoms with E-state index in [1.807, 2.05) is 18.4 Å². The summed E-state index contributed by atoms with van der Waals surface area (Å²) in [6.07, 6.45) is 3.92. The molecule has 0 radical (unpaired) electrons. The summed E-state index contributed by atoms with van der Waals surface area (Å²) in [7, 11) is 0. The van der Waals surface area contributed by atoms with Gasteiger partial charge in [0, 0.05) is 16.8 Å². The number of pyridine rings is 1. The van der Waals surface area contributed by atoms with Crippen molar-refractivity contribution in [2.45, 2.75) is 11.3 Å². The number of aromatic nitrogens is 1. The lowest BCUT2D eigenvalue weighted by Gasteiger charge is -2.26. The van der Waals surface area contributed by atoms with E-state index in [9.17, 15) is 14.0 Å². The summed E-state index contributed by atoms with van der Waals surface area (Å²) in [5, 5.41) is 3.05. The fourth-order valence-corrected chi connectivity index (χ4v) is 4.31. The number of nitrogens with one attached hydrogen (secondary N) is 1. The summed E-state index contributed by atoms with van der Waals surface area (Å²) >= 11 is 7.41. The van der Waals surface area contributed by atoms with E-state index in [1.165, 1.54) is 41.1 Å². The van der Waals surface area contributed by atoms with Gasteiger partial charge in [0.15, 0.2) is 0 Å². The van der Waals surface area contributed by atoms with E-state index in [2.05, 4.69) is 10.3 Å². The number of para-hydroxylation sites is 1. The second-order valence-corrected chi connectivity index (χ2v) is 9.62. The molecule has 0 aliphatic carbocycles. The molecule has 0 atom stereocenters. The Hall–Kier alpha value is -3.92. The van der Waals surface area contributed by atoms with Crippen LogP contribution in [0.4, 0.5) is 21.6 Å². The van der Waals surface area contributed by atoms with Crippen molar-refractivity contribution in [1.29, 1.82) is 0 Å². The molecule has 1 aromatic heterocycles. The monoisotopic (exact) mass is 564 g/mol. The SMILES string of the molecule is CSc1ccc(C(=O)N(c2ccccc2)c2ccc(F)cc2C(=O)Nc2ccc(Cl)cn2)c(OCCCN)c1. The quantitative estimate of drug-likeness (QED) is 0.167. The highest BCUT2D eigenvalue weighted by Gasteiger charge is 2.27. The topological polar surface area (TPSA) is 97.5 Å². The number of rotatable bonds is 10. The lowest BCUT2D eigenvalue weighted by molar-refractivity contribution is 0.0995. The summed E-state index contributed by atoms with van der Waals surface area (Å²) in [6.45, 7) is 0.774. The second-order valence-electron chi connectivity index (χ2n) is 8.31. The Morgan fingerprint density at radius 3 is 2.54 bits per heavy atom. The van der Waals surface area contributed by atoms with E-state index in [1.54, 1.807) is 42.5 Å². The molecule has 0 unspecified atom stereocenters. The van der Waals surface area contributed by atoms with Crippen LogP contribution >= 0.6 is 23.4 Å². The molecule has 3 N–H and O–H groups in total. The van der Waals surface area contributed by atoms with Gasteiger partial charge in [0.2, 0.25) is 0 Å². The summed E-state index contributed by atoms with van der Waals surface area (Å²) in [5.74, 6) is -1.13. The molecular formula is C29H26ClFN4O3S. The minimum atomic E-state index is -0.648. The highest BCUT2D eigenvalue weighted by molar-refractivity contribution is 7.98. The maximum Gasteiger partial charge on any atom is 0.266 e. The smallest absolute Gasteiger partial charge is 0.266 e. The third kappa shape index (κ3) is 6.94. The van der Waals surface area contributed by atoms with Crippen LogP contribution < -0.4 is 20.7 Å². The predicted octanol–water partition coefficient (Wildman–Crippen LogP) is 6.55. The van der Waals surface area contributed by atoms with Crippen LogP contribution in [0.3, 0.4) is 0 Å². The molecule has 4 rings (SSSR count). The second kappa shape index (κ2) is 13.2. The Kier molecular flexibility index (Phi) is 9.54. The van der Waals surface area contributed by atoms with Gasteiger partial charge < -0.3 is 15.8 Å². The van der Waals surface area contributed by atoms with E-state index >= 15 is 0 Å². The van der Waals surface area contributed by atoms with Crippen LogP contribution in [-0.2, 0) is 0 Å². The van der Waals surface area contributed by atoms with Crippen molar-refractivity contribution in [2.24, 2.45) is 5.73 Å². The Bertz CT molecular complexity index is 1460. The van der Waals surface area contributed by atoms with Crippen LogP contribution in [0.2, 0.25) is 5.02 Å². The maximum atomic E-state index is 14.5. The fourth-order valence-electron chi connectivity index (χ4n) is 3.77. The number of hydrogen-bond donors (Lipinski definition) is 2. The van der Waals surface area contributed by atoms with Gasteiger partial charge in [-0.25, -0.2) is 9.37 Å². The van der Waals surface area contributed by atoms with E-state index in [-0.39, 0.29) is 22.6 Å². The molecule has 0 aliphatic heterocycles. The predicted molar refractivity (Wildman–Crippen MR) is 154 cm³/mol. The zero-order valence-electron chi connectivity index (χ0n) is 21.1. The molecule has 0 bridgehead atoms. The number of ether oxygens (including phenoxy) is 1. The average Bonchev–Trinajstić information content (AvgIpc) is 2.95. The number of thioether (sulfide) groups is 1. The van der Waals surface area contributed by atoms with Crippen molar-refractivity contribution < 1.29 is 18.7 Å². The van der Waals surface area contributed by atoms with Crippen molar-refractivity contribution in [3.05, 3.63) is 107 Å². The van der Waals surface area contributed by atoms with Crippen molar-refractivity contribution in [2.75, 3.05) is 29.6 Å². The molecule has 0 saturated heterocycles. The van der Waals surface area contributed by atoms with Gasteiger partial charge in [-0.3, -0.25) is 14.5 Å². The Labute approximate surface area is 235 Å². The number of benzene rings is 3. The Morgan fingerprint density at radius 1 is 1.05 bits per heavy atom. The average molecular weight is 565 g/mol. The number of carbonyl (C=O) groups is 2. The molecule has 3 aromatic carbocycles. The molecule has 1 heterocycles. The normalized spacial score (nSPS) is 10.7. The van der Waals surface area contributed by atoms with Crippen LogP contribution in [0.15, 0.2) is 90.0 Å². The van der Waals surface area contributed by atoms with Gasteiger partial charge in [0.1, 0.15) is 17.4 Å². The van der Waals surface area contributed by atoms with E-state index < -0.39 is 17.6 Å².